The van der Waals surface area contributed by atoms with Gasteiger partial charge in [0.2, 0.25) is 0 Å². The summed E-state index contributed by atoms with van der Waals surface area (Å²) < 4.78 is 1.20. The number of hydrogen-bond donors (Lipinski definition) is 1. The summed E-state index contributed by atoms with van der Waals surface area (Å²) in [4.78, 5) is 3.90. The third-order valence-electron chi connectivity index (χ3n) is 3.25. The van der Waals surface area contributed by atoms with Gasteiger partial charge in [-0.05, 0) is 54.2 Å². The van der Waals surface area contributed by atoms with E-state index < -0.39 is 0 Å². The Morgan fingerprint density at radius 1 is 1.39 bits per heavy atom. The zero-order valence-electron chi connectivity index (χ0n) is 11.7. The molecule has 18 heavy (non-hydrogen) atoms. The van der Waals surface area contributed by atoms with Gasteiger partial charge in [0.1, 0.15) is 0 Å². The molecule has 1 rings (SSSR count). The van der Waals surface area contributed by atoms with Gasteiger partial charge in [0.15, 0.2) is 0 Å². The van der Waals surface area contributed by atoms with E-state index in [9.17, 15) is 0 Å². The molecule has 0 radical (unpaired) electrons. The summed E-state index contributed by atoms with van der Waals surface area (Å²) in [5.41, 5.74) is 6.02. The van der Waals surface area contributed by atoms with Crippen molar-refractivity contribution in [1.82, 2.24) is 4.90 Å². The van der Waals surface area contributed by atoms with Crippen molar-refractivity contribution in [3.8, 4) is 0 Å². The van der Waals surface area contributed by atoms with Crippen LogP contribution in [0.15, 0.2) is 15.9 Å². The van der Waals surface area contributed by atoms with Gasteiger partial charge in [0.25, 0.3) is 0 Å². The fraction of sp³-hybridized carbons (Fsp3) is 0.714. The van der Waals surface area contributed by atoms with Crippen LogP contribution < -0.4 is 5.73 Å². The lowest BCUT2D eigenvalue weighted by Crippen LogP contribution is -2.39. The molecule has 2 N–H and O–H groups in total. The lowest BCUT2D eigenvalue weighted by atomic mass is 10.1. The Balaban J connectivity index is 2.78. The van der Waals surface area contributed by atoms with Crippen molar-refractivity contribution in [3.05, 3.63) is 20.8 Å². The summed E-state index contributed by atoms with van der Waals surface area (Å²) >= 11 is 5.43. The molecular weight excluding hydrogens is 308 g/mol. The Morgan fingerprint density at radius 3 is 2.56 bits per heavy atom. The van der Waals surface area contributed by atoms with Crippen LogP contribution >= 0.6 is 27.3 Å². The highest BCUT2D eigenvalue weighted by Crippen LogP contribution is 2.33. The molecule has 1 aromatic rings. The molecule has 1 unspecified atom stereocenters. The first-order valence-corrected chi connectivity index (χ1v) is 8.47. The van der Waals surface area contributed by atoms with E-state index in [0.717, 1.165) is 6.54 Å². The maximum absolute atomic E-state index is 6.02. The van der Waals surface area contributed by atoms with E-state index in [4.69, 9.17) is 5.73 Å². The zero-order valence-corrected chi connectivity index (χ0v) is 14.1. The molecule has 1 heterocycles. The average molecular weight is 333 g/mol. The lowest BCUT2D eigenvalue weighted by molar-refractivity contribution is 0.156. The first-order chi connectivity index (χ1) is 8.61. The molecule has 0 fully saturated rings. The molecule has 0 aliphatic heterocycles. The molecule has 1 aromatic heterocycles. The van der Waals surface area contributed by atoms with Crippen LogP contribution in [0.1, 0.15) is 51.0 Å². The number of nitrogens with two attached hydrogens (primary N) is 1. The van der Waals surface area contributed by atoms with E-state index in [2.05, 4.69) is 53.0 Å². The third-order valence-corrected chi connectivity index (χ3v) is 5.23. The van der Waals surface area contributed by atoms with Crippen molar-refractivity contribution in [1.29, 1.82) is 0 Å². The van der Waals surface area contributed by atoms with Gasteiger partial charge in [-0.25, -0.2) is 0 Å². The third kappa shape index (κ3) is 4.34. The molecule has 2 nitrogen and oxygen atoms in total. The van der Waals surface area contributed by atoms with Crippen LogP contribution in [-0.2, 0) is 0 Å². The van der Waals surface area contributed by atoms with Crippen molar-refractivity contribution in [3.63, 3.8) is 0 Å². The second kappa shape index (κ2) is 8.31. The summed E-state index contributed by atoms with van der Waals surface area (Å²) in [6.07, 6.45) is 3.82. The maximum atomic E-state index is 6.02. The van der Waals surface area contributed by atoms with E-state index in [1.165, 1.54) is 28.6 Å². The summed E-state index contributed by atoms with van der Waals surface area (Å²) in [5, 5.41) is 2.13. The molecule has 1 atom stereocenters. The van der Waals surface area contributed by atoms with E-state index in [1.807, 2.05) is 0 Å². The predicted molar refractivity (Wildman–Crippen MR) is 85.2 cm³/mol. The van der Waals surface area contributed by atoms with Crippen molar-refractivity contribution in [2.75, 3.05) is 13.1 Å². The van der Waals surface area contributed by atoms with Crippen LogP contribution in [0.4, 0.5) is 0 Å². The number of unbranched alkanes of at least 4 members (excludes halogenated alkanes) is 2. The minimum atomic E-state index is 0.344. The monoisotopic (exact) mass is 332 g/mol. The van der Waals surface area contributed by atoms with Crippen molar-refractivity contribution in [2.45, 2.75) is 52.1 Å². The number of rotatable bonds is 8. The minimum Gasteiger partial charge on any atom is -0.329 e. The molecule has 104 valence electrons. The highest BCUT2D eigenvalue weighted by atomic mass is 79.9. The first kappa shape index (κ1) is 16.2. The van der Waals surface area contributed by atoms with Gasteiger partial charge in [-0.15, -0.1) is 11.3 Å². The van der Waals surface area contributed by atoms with Crippen LogP contribution in [0.5, 0.6) is 0 Å². The van der Waals surface area contributed by atoms with Gasteiger partial charge in [-0.3, -0.25) is 4.90 Å². The summed E-state index contributed by atoms with van der Waals surface area (Å²) in [5.74, 6) is 0. The first-order valence-electron chi connectivity index (χ1n) is 6.80. The molecule has 0 spiro atoms. The number of nitrogens with zero attached hydrogens (tertiary/aromatic N) is 1. The fourth-order valence-corrected chi connectivity index (χ4v) is 4.03. The van der Waals surface area contributed by atoms with Gasteiger partial charge in [-0.2, -0.15) is 0 Å². The van der Waals surface area contributed by atoms with E-state index >= 15 is 0 Å². The van der Waals surface area contributed by atoms with Crippen molar-refractivity contribution >= 4 is 27.3 Å². The topological polar surface area (TPSA) is 29.3 Å². The van der Waals surface area contributed by atoms with Gasteiger partial charge in [0.05, 0.1) is 6.04 Å². The molecule has 0 amide bonds. The fourth-order valence-electron chi connectivity index (χ4n) is 2.25. The highest BCUT2D eigenvalue weighted by Gasteiger charge is 2.23. The average Bonchev–Trinajstić information content (AvgIpc) is 2.74. The second-order valence-electron chi connectivity index (χ2n) is 4.92. The van der Waals surface area contributed by atoms with E-state index in [-0.39, 0.29) is 0 Å². The van der Waals surface area contributed by atoms with Crippen molar-refractivity contribution < 1.29 is 0 Å². The van der Waals surface area contributed by atoms with Crippen LogP contribution in [0.2, 0.25) is 0 Å². The van der Waals surface area contributed by atoms with Crippen molar-refractivity contribution in [2.24, 2.45) is 5.73 Å². The molecular formula is C14H25BrN2S. The normalized spacial score (nSPS) is 13.5. The largest absolute Gasteiger partial charge is 0.329 e. The smallest absolute Gasteiger partial charge is 0.0577 e. The molecule has 0 bridgehead atoms. The van der Waals surface area contributed by atoms with Gasteiger partial charge < -0.3 is 5.73 Å². The summed E-state index contributed by atoms with van der Waals surface area (Å²) in [6, 6.07) is 2.99. The summed E-state index contributed by atoms with van der Waals surface area (Å²) in [6.45, 7) is 8.59. The van der Waals surface area contributed by atoms with Gasteiger partial charge in [-0.1, -0.05) is 19.8 Å². The van der Waals surface area contributed by atoms with Gasteiger partial charge in [0, 0.05) is 21.9 Å². The molecule has 0 saturated heterocycles. The molecule has 0 aliphatic rings. The molecule has 0 aromatic carbocycles. The van der Waals surface area contributed by atoms with Crippen LogP contribution in [0.3, 0.4) is 0 Å². The Bertz CT molecular complexity index is 338. The van der Waals surface area contributed by atoms with Crippen LogP contribution in [0.25, 0.3) is 0 Å². The van der Waals surface area contributed by atoms with E-state index in [1.54, 1.807) is 11.3 Å². The number of hydrogen-bond acceptors (Lipinski definition) is 3. The Hall–Kier alpha value is 0.100. The van der Waals surface area contributed by atoms with Gasteiger partial charge >= 0.3 is 0 Å². The Morgan fingerprint density at radius 2 is 2.11 bits per heavy atom. The number of halogens is 1. The molecule has 0 aliphatic carbocycles. The van der Waals surface area contributed by atoms with E-state index in [0.29, 0.717) is 18.6 Å². The molecule has 0 saturated carbocycles. The minimum absolute atomic E-state index is 0.344. The second-order valence-corrected chi connectivity index (χ2v) is 6.73. The SMILES string of the molecule is CCCCCN(C(C)C)C(CN)c1sccc1Br. The highest BCUT2D eigenvalue weighted by molar-refractivity contribution is 9.10. The Labute approximate surface area is 124 Å². The van der Waals surface area contributed by atoms with Crippen LogP contribution in [0, 0.1) is 0 Å². The standard InChI is InChI=1S/C14H25BrN2S/c1-4-5-6-8-17(11(2)3)13(10-16)14-12(15)7-9-18-14/h7,9,11,13H,4-6,8,10,16H2,1-3H3. The lowest BCUT2D eigenvalue weighted by Gasteiger charge is -2.34. The molecule has 4 heteroatoms. The number of thiophene rings is 1. The maximum Gasteiger partial charge on any atom is 0.0577 e. The zero-order chi connectivity index (χ0) is 13.5. The van der Waals surface area contributed by atoms with Crippen LogP contribution in [-0.4, -0.2) is 24.0 Å². The summed E-state index contributed by atoms with van der Waals surface area (Å²) in [7, 11) is 0. The Kier molecular flexibility index (Phi) is 7.46. The quantitative estimate of drug-likeness (QED) is 0.714. The predicted octanol–water partition coefficient (Wildman–Crippen LogP) is 4.41.